The second-order valence-electron chi connectivity index (χ2n) is 4.07. The Morgan fingerprint density at radius 2 is 2.13 bits per heavy atom. The summed E-state index contributed by atoms with van der Waals surface area (Å²) in [7, 11) is 0. The highest BCUT2D eigenvalue weighted by atomic mass is 16.5. The van der Waals surface area contributed by atoms with Gasteiger partial charge in [0.25, 0.3) is 0 Å². The van der Waals surface area contributed by atoms with Crippen molar-refractivity contribution in [3.63, 3.8) is 0 Å². The predicted octanol–water partition coefficient (Wildman–Crippen LogP) is 2.00. The molecule has 1 aromatic rings. The highest BCUT2D eigenvalue weighted by Gasteiger charge is 2.12. The molecule has 1 aliphatic heterocycles. The minimum absolute atomic E-state index is 0.433. The van der Waals surface area contributed by atoms with Gasteiger partial charge < -0.3 is 10.1 Å². The van der Waals surface area contributed by atoms with E-state index in [0.29, 0.717) is 6.10 Å². The summed E-state index contributed by atoms with van der Waals surface area (Å²) in [5, 5.41) is 3.36. The standard InChI is InChI=1S/C13H19NO/c1-2-5-12(6-3-1)8-10-15-13-7-4-9-14-11-13/h1-3,5-6,13-14H,4,7-11H2/t13-/m0/s1. The van der Waals surface area contributed by atoms with Gasteiger partial charge in [-0.1, -0.05) is 30.3 Å². The van der Waals surface area contributed by atoms with Crippen molar-refractivity contribution < 1.29 is 4.74 Å². The first kappa shape index (κ1) is 10.7. The van der Waals surface area contributed by atoms with Gasteiger partial charge in [-0.25, -0.2) is 0 Å². The molecule has 2 nitrogen and oxygen atoms in total. The Hall–Kier alpha value is -0.860. The van der Waals surface area contributed by atoms with Gasteiger partial charge in [0.2, 0.25) is 0 Å². The molecule has 82 valence electrons. The van der Waals surface area contributed by atoms with Crippen molar-refractivity contribution in [3.05, 3.63) is 35.9 Å². The van der Waals surface area contributed by atoms with Crippen LogP contribution in [0.25, 0.3) is 0 Å². The van der Waals surface area contributed by atoms with Crippen molar-refractivity contribution in [1.29, 1.82) is 0 Å². The van der Waals surface area contributed by atoms with Crippen LogP contribution in [0.15, 0.2) is 30.3 Å². The van der Waals surface area contributed by atoms with Crippen molar-refractivity contribution in [3.8, 4) is 0 Å². The molecule has 0 unspecified atom stereocenters. The zero-order chi connectivity index (χ0) is 10.3. The van der Waals surface area contributed by atoms with Crippen LogP contribution in [0.1, 0.15) is 18.4 Å². The van der Waals surface area contributed by atoms with Crippen molar-refractivity contribution >= 4 is 0 Å². The van der Waals surface area contributed by atoms with E-state index in [1.807, 2.05) is 0 Å². The van der Waals surface area contributed by atoms with Crippen molar-refractivity contribution in [2.24, 2.45) is 0 Å². The summed E-state index contributed by atoms with van der Waals surface area (Å²) < 4.78 is 5.82. The van der Waals surface area contributed by atoms with E-state index in [0.717, 1.165) is 26.1 Å². The lowest BCUT2D eigenvalue weighted by molar-refractivity contribution is 0.0390. The zero-order valence-corrected chi connectivity index (χ0v) is 9.11. The van der Waals surface area contributed by atoms with Gasteiger partial charge in [0.1, 0.15) is 0 Å². The molecule has 1 heterocycles. The average Bonchev–Trinajstić information content (AvgIpc) is 2.32. The van der Waals surface area contributed by atoms with Gasteiger partial charge in [-0.05, 0) is 31.4 Å². The summed E-state index contributed by atoms with van der Waals surface area (Å²) in [5.41, 5.74) is 1.36. The molecule has 1 saturated heterocycles. The Kier molecular flexibility index (Phi) is 4.18. The molecule has 0 bridgehead atoms. The number of ether oxygens (including phenoxy) is 1. The van der Waals surface area contributed by atoms with Crippen LogP contribution in [-0.4, -0.2) is 25.8 Å². The Bertz CT molecular complexity index is 267. The molecule has 0 radical (unpaired) electrons. The highest BCUT2D eigenvalue weighted by Crippen LogP contribution is 2.07. The number of rotatable bonds is 4. The smallest absolute Gasteiger partial charge is 0.0700 e. The number of benzene rings is 1. The molecular weight excluding hydrogens is 186 g/mol. The molecule has 1 N–H and O–H groups in total. The van der Waals surface area contributed by atoms with E-state index in [9.17, 15) is 0 Å². The van der Waals surface area contributed by atoms with Crippen LogP contribution >= 0.6 is 0 Å². The average molecular weight is 205 g/mol. The van der Waals surface area contributed by atoms with Crippen LogP contribution < -0.4 is 5.32 Å². The third-order valence-corrected chi connectivity index (χ3v) is 2.84. The third-order valence-electron chi connectivity index (χ3n) is 2.84. The summed E-state index contributed by atoms with van der Waals surface area (Å²) in [6.45, 7) is 3.02. The van der Waals surface area contributed by atoms with Gasteiger partial charge in [0, 0.05) is 6.54 Å². The quantitative estimate of drug-likeness (QED) is 0.811. The van der Waals surface area contributed by atoms with Gasteiger partial charge >= 0.3 is 0 Å². The van der Waals surface area contributed by atoms with Crippen molar-refractivity contribution in [2.45, 2.75) is 25.4 Å². The highest BCUT2D eigenvalue weighted by molar-refractivity contribution is 5.14. The van der Waals surface area contributed by atoms with Gasteiger partial charge in [0.05, 0.1) is 12.7 Å². The Balaban J connectivity index is 1.66. The number of hydrogen-bond donors (Lipinski definition) is 1. The van der Waals surface area contributed by atoms with Crippen LogP contribution in [-0.2, 0) is 11.2 Å². The molecule has 0 aliphatic carbocycles. The lowest BCUT2D eigenvalue weighted by Gasteiger charge is -2.23. The second kappa shape index (κ2) is 5.89. The first-order valence-electron chi connectivity index (χ1n) is 5.81. The summed E-state index contributed by atoms with van der Waals surface area (Å²) in [4.78, 5) is 0. The number of nitrogens with one attached hydrogen (secondary N) is 1. The van der Waals surface area contributed by atoms with E-state index in [1.165, 1.54) is 18.4 Å². The van der Waals surface area contributed by atoms with Gasteiger partial charge in [0.15, 0.2) is 0 Å². The molecule has 0 amide bonds. The topological polar surface area (TPSA) is 21.3 Å². The molecule has 1 fully saturated rings. The maximum atomic E-state index is 5.82. The van der Waals surface area contributed by atoms with Gasteiger partial charge in [-0.2, -0.15) is 0 Å². The summed E-state index contributed by atoms with van der Waals surface area (Å²) in [6.07, 6.45) is 3.91. The van der Waals surface area contributed by atoms with Crippen LogP contribution in [0.4, 0.5) is 0 Å². The van der Waals surface area contributed by atoms with Gasteiger partial charge in [-0.15, -0.1) is 0 Å². The minimum Gasteiger partial charge on any atom is -0.377 e. The summed E-state index contributed by atoms with van der Waals surface area (Å²) in [5.74, 6) is 0. The first-order valence-corrected chi connectivity index (χ1v) is 5.81. The van der Waals surface area contributed by atoms with Crippen molar-refractivity contribution in [2.75, 3.05) is 19.7 Å². The molecule has 2 heteroatoms. The van der Waals surface area contributed by atoms with E-state index in [2.05, 4.69) is 35.6 Å². The molecule has 0 saturated carbocycles. The third kappa shape index (κ3) is 3.65. The SMILES string of the molecule is c1ccc(CCO[C@H]2CCCNC2)cc1. The van der Waals surface area contributed by atoms with Crippen LogP contribution in [0, 0.1) is 0 Å². The molecule has 2 rings (SSSR count). The van der Waals surface area contributed by atoms with E-state index in [-0.39, 0.29) is 0 Å². The molecule has 1 aromatic carbocycles. The Labute approximate surface area is 91.6 Å². The largest absolute Gasteiger partial charge is 0.377 e. The normalized spacial score (nSPS) is 21.5. The summed E-state index contributed by atoms with van der Waals surface area (Å²) >= 11 is 0. The molecule has 0 spiro atoms. The lowest BCUT2D eigenvalue weighted by Crippen LogP contribution is -2.35. The van der Waals surface area contributed by atoms with Crippen LogP contribution in [0.5, 0.6) is 0 Å². The van der Waals surface area contributed by atoms with Gasteiger partial charge in [-0.3, -0.25) is 0 Å². The fourth-order valence-electron chi connectivity index (χ4n) is 1.95. The molecule has 1 atom stereocenters. The predicted molar refractivity (Wildman–Crippen MR) is 62.0 cm³/mol. The second-order valence-corrected chi connectivity index (χ2v) is 4.07. The first-order chi connectivity index (χ1) is 7.45. The molecule has 1 aliphatic rings. The molecular formula is C13H19NO. The van der Waals surface area contributed by atoms with Crippen LogP contribution in [0.3, 0.4) is 0 Å². The Morgan fingerprint density at radius 3 is 2.87 bits per heavy atom. The number of piperidine rings is 1. The van der Waals surface area contributed by atoms with Crippen LogP contribution in [0.2, 0.25) is 0 Å². The molecule has 0 aromatic heterocycles. The maximum absolute atomic E-state index is 5.82. The monoisotopic (exact) mass is 205 g/mol. The lowest BCUT2D eigenvalue weighted by atomic mass is 10.1. The zero-order valence-electron chi connectivity index (χ0n) is 9.11. The minimum atomic E-state index is 0.433. The van der Waals surface area contributed by atoms with E-state index >= 15 is 0 Å². The summed E-state index contributed by atoms with van der Waals surface area (Å²) in [6, 6.07) is 10.5. The number of hydrogen-bond acceptors (Lipinski definition) is 2. The van der Waals surface area contributed by atoms with E-state index < -0.39 is 0 Å². The Morgan fingerprint density at radius 1 is 1.27 bits per heavy atom. The van der Waals surface area contributed by atoms with E-state index in [4.69, 9.17) is 4.74 Å². The fourth-order valence-corrected chi connectivity index (χ4v) is 1.95. The molecule has 15 heavy (non-hydrogen) atoms. The van der Waals surface area contributed by atoms with Crippen molar-refractivity contribution in [1.82, 2.24) is 5.32 Å². The maximum Gasteiger partial charge on any atom is 0.0700 e. The van der Waals surface area contributed by atoms with E-state index in [1.54, 1.807) is 0 Å². The fraction of sp³-hybridized carbons (Fsp3) is 0.538.